The van der Waals surface area contributed by atoms with Gasteiger partial charge in [-0.25, -0.2) is 9.97 Å². The highest BCUT2D eigenvalue weighted by Crippen LogP contribution is 2.33. The predicted octanol–water partition coefficient (Wildman–Crippen LogP) is 6.60. The van der Waals surface area contributed by atoms with E-state index >= 15 is 0 Å². The molecule has 0 saturated carbocycles. The number of thioether (sulfide) groups is 1. The first kappa shape index (κ1) is 29.7. The van der Waals surface area contributed by atoms with Crippen molar-refractivity contribution in [3.8, 4) is 0 Å². The number of aryl methyl sites for hydroxylation is 2. The molecule has 2 N–H and O–H groups in total. The first-order valence-corrected chi connectivity index (χ1v) is 11.6. The van der Waals surface area contributed by atoms with Gasteiger partial charge in [-0.3, -0.25) is 10.3 Å². The van der Waals surface area contributed by atoms with Crippen LogP contribution in [0.1, 0.15) is 28.1 Å². The van der Waals surface area contributed by atoms with Crippen molar-refractivity contribution in [3.63, 3.8) is 0 Å². The van der Waals surface area contributed by atoms with Crippen molar-refractivity contribution in [2.75, 3.05) is 11.2 Å². The van der Waals surface area contributed by atoms with E-state index in [-0.39, 0.29) is 5.56 Å². The van der Waals surface area contributed by atoms with E-state index < -0.39 is 24.9 Å². The molecule has 0 fully saturated rings. The maximum Gasteiger partial charge on any atom is 0.412 e. The van der Waals surface area contributed by atoms with E-state index in [0.29, 0.717) is 17.4 Å². The Bertz CT molecular complexity index is 925. The van der Waals surface area contributed by atoms with E-state index in [2.05, 4.69) is 40.2 Å². The van der Waals surface area contributed by atoms with Crippen molar-refractivity contribution in [3.05, 3.63) is 58.0 Å². The summed E-state index contributed by atoms with van der Waals surface area (Å²) in [6, 6.07) is -0.722. The molecule has 2 aromatic rings. The van der Waals surface area contributed by atoms with Gasteiger partial charge < -0.3 is 5.32 Å². The molecule has 2 aromatic heterocycles. The second kappa shape index (κ2) is 13.5. The van der Waals surface area contributed by atoms with Crippen LogP contribution in [0.5, 0.6) is 0 Å². The van der Waals surface area contributed by atoms with Gasteiger partial charge in [0.05, 0.1) is 27.2 Å². The Morgan fingerprint density at radius 2 is 1.85 bits per heavy atom. The fourth-order valence-corrected chi connectivity index (χ4v) is 4.23. The Hall–Kier alpha value is -2.38. The number of thiazole rings is 1. The van der Waals surface area contributed by atoms with Gasteiger partial charge in [0.2, 0.25) is 6.04 Å². The van der Waals surface area contributed by atoms with Crippen LogP contribution in [0.4, 0.5) is 32.2 Å². The van der Waals surface area contributed by atoms with Crippen LogP contribution in [-0.4, -0.2) is 41.0 Å². The van der Waals surface area contributed by atoms with E-state index in [1.807, 2.05) is 19.3 Å². The fraction of sp³-hybridized carbons (Fsp3) is 0.381. The molecule has 5 nitrogen and oxygen atoms in total. The summed E-state index contributed by atoms with van der Waals surface area (Å²) in [5, 5.41) is 7.32. The highest BCUT2D eigenvalue weighted by Gasteiger charge is 2.56. The second-order valence-corrected chi connectivity index (χ2v) is 8.41. The number of pyridine rings is 1. The molecule has 13 heteroatoms. The summed E-state index contributed by atoms with van der Waals surface area (Å²) in [5.74, 6) is 0.833. The average molecular weight is 526 g/mol. The number of aliphatic imine (C=N–C) groups is 1. The van der Waals surface area contributed by atoms with Gasteiger partial charge in [-0.2, -0.15) is 26.3 Å². The number of alkyl halides is 6. The maximum atomic E-state index is 12.6. The molecule has 0 amide bonds. The third-order valence-electron chi connectivity index (χ3n) is 4.07. The highest BCUT2D eigenvalue weighted by molar-refractivity contribution is 8.02. The predicted molar refractivity (Wildman–Crippen MR) is 128 cm³/mol. The van der Waals surface area contributed by atoms with Crippen molar-refractivity contribution >= 4 is 41.3 Å². The lowest BCUT2D eigenvalue weighted by molar-refractivity contribution is -0.258. The Labute approximate surface area is 202 Å². The summed E-state index contributed by atoms with van der Waals surface area (Å²) >= 11 is 2.95. The zero-order chi connectivity index (χ0) is 25.9. The lowest BCUT2D eigenvalue weighted by Gasteiger charge is -2.23. The van der Waals surface area contributed by atoms with Crippen molar-refractivity contribution in [1.29, 1.82) is 0 Å². The number of rotatable bonds is 10. The molecule has 0 spiro atoms. The van der Waals surface area contributed by atoms with Crippen molar-refractivity contribution in [2.45, 2.75) is 45.2 Å². The van der Waals surface area contributed by atoms with Gasteiger partial charge in [0.1, 0.15) is 5.82 Å². The number of nitrogens with one attached hydrogen (secondary N) is 2. The Morgan fingerprint density at radius 3 is 2.32 bits per heavy atom. The quantitative estimate of drug-likeness (QED) is 0.120. The molecule has 34 heavy (non-hydrogen) atoms. The first-order valence-electron chi connectivity index (χ1n) is 9.76. The molecule has 188 valence electrons. The molecule has 0 bridgehead atoms. The summed E-state index contributed by atoms with van der Waals surface area (Å²) in [4.78, 5) is 13.5. The van der Waals surface area contributed by atoms with Crippen LogP contribution in [0.25, 0.3) is 5.70 Å². The lowest BCUT2D eigenvalue weighted by atomic mass is 10.2. The molecule has 0 unspecified atom stereocenters. The zero-order valence-electron chi connectivity index (χ0n) is 18.6. The lowest BCUT2D eigenvalue weighted by Crippen LogP contribution is -2.52. The molecule has 0 aliphatic rings. The van der Waals surface area contributed by atoms with Crippen molar-refractivity contribution in [1.82, 2.24) is 15.3 Å². The molecular formula is C21H25F6N5S2. The maximum absolute atomic E-state index is 12.6. The molecule has 0 aromatic carbocycles. The van der Waals surface area contributed by atoms with E-state index in [1.165, 1.54) is 35.4 Å². The Balaban J connectivity index is 0.00000281. The van der Waals surface area contributed by atoms with Gasteiger partial charge in [-0.15, -0.1) is 36.3 Å². The number of anilines is 1. The van der Waals surface area contributed by atoms with Gasteiger partial charge in [-0.1, -0.05) is 13.0 Å². The molecular weight excluding hydrogens is 500 g/mol. The minimum Gasteiger partial charge on any atom is -0.361 e. The first-order chi connectivity index (χ1) is 16.0. The third kappa shape index (κ3) is 9.11. The molecule has 0 saturated heterocycles. The zero-order valence-corrected chi connectivity index (χ0v) is 20.2. The standard InChI is InChI=1S/C19H21F6N5S2.C2H4/c1-4-15-30-11(2)16(32-15)13(26-3)9-31-10-29-14-6-5-12(7-27-14)8-28-17(18(20,21)22)19(23,24)25;1-2/h5-7,9,17,28H,3-4,8,10H2,1-2H3,(H,27,29);1-2H2/b13-9-;. The topological polar surface area (TPSA) is 62.2 Å². The monoisotopic (exact) mass is 525 g/mol. The molecule has 0 aliphatic carbocycles. The van der Waals surface area contributed by atoms with E-state index in [4.69, 9.17) is 0 Å². The fourth-order valence-electron chi connectivity index (χ4n) is 2.51. The largest absolute Gasteiger partial charge is 0.412 e. The van der Waals surface area contributed by atoms with E-state index in [0.717, 1.165) is 22.0 Å². The van der Waals surface area contributed by atoms with Crippen LogP contribution in [-0.2, 0) is 13.0 Å². The van der Waals surface area contributed by atoms with Crippen LogP contribution >= 0.6 is 23.1 Å². The summed E-state index contributed by atoms with van der Waals surface area (Å²) in [6.07, 6.45) is -8.84. The summed E-state index contributed by atoms with van der Waals surface area (Å²) in [5.41, 5.74) is 1.76. The number of hydrogen-bond acceptors (Lipinski definition) is 7. The van der Waals surface area contributed by atoms with Gasteiger partial charge in [0.25, 0.3) is 0 Å². The van der Waals surface area contributed by atoms with Crippen molar-refractivity contribution in [2.24, 2.45) is 4.99 Å². The number of halogens is 6. The molecule has 0 aliphatic heterocycles. The Kier molecular flexibility index (Phi) is 11.8. The van der Waals surface area contributed by atoms with Gasteiger partial charge in [0, 0.05) is 12.7 Å². The molecule has 2 rings (SSSR count). The highest BCUT2D eigenvalue weighted by atomic mass is 32.2. The van der Waals surface area contributed by atoms with Gasteiger partial charge >= 0.3 is 12.4 Å². The normalized spacial score (nSPS) is 12.3. The van der Waals surface area contributed by atoms with Crippen LogP contribution in [0, 0.1) is 6.92 Å². The molecule has 0 radical (unpaired) electrons. The number of nitrogens with zero attached hydrogens (tertiary/aromatic N) is 3. The summed E-state index contributed by atoms with van der Waals surface area (Å²) in [6.45, 7) is 12.9. The average Bonchev–Trinajstić information content (AvgIpc) is 3.15. The van der Waals surface area contributed by atoms with Crippen LogP contribution in [0.15, 0.2) is 41.9 Å². The SMILES string of the molecule is C=C.C=N/C(=C\SCNc1ccc(CNC(C(F)(F)F)C(F)(F)F)cn1)c1sc(CC)nc1C. The van der Waals surface area contributed by atoms with Crippen LogP contribution < -0.4 is 10.6 Å². The number of hydrogen-bond donors (Lipinski definition) is 2. The molecule has 0 atom stereocenters. The van der Waals surface area contributed by atoms with Crippen molar-refractivity contribution < 1.29 is 26.3 Å². The van der Waals surface area contributed by atoms with Crippen LogP contribution in [0.3, 0.4) is 0 Å². The molecule has 2 heterocycles. The smallest absolute Gasteiger partial charge is 0.361 e. The number of aromatic nitrogens is 2. The van der Waals surface area contributed by atoms with E-state index in [1.54, 1.807) is 11.3 Å². The summed E-state index contributed by atoms with van der Waals surface area (Å²) in [7, 11) is 0. The van der Waals surface area contributed by atoms with Gasteiger partial charge in [-0.05, 0) is 37.1 Å². The Morgan fingerprint density at radius 1 is 1.21 bits per heavy atom. The second-order valence-electron chi connectivity index (χ2n) is 6.47. The minimum atomic E-state index is -5.44. The van der Waals surface area contributed by atoms with Gasteiger partial charge in [0.15, 0.2) is 0 Å². The van der Waals surface area contributed by atoms with Crippen LogP contribution in [0.2, 0.25) is 0 Å². The van der Waals surface area contributed by atoms with E-state index in [9.17, 15) is 26.3 Å². The minimum absolute atomic E-state index is 0.187. The summed E-state index contributed by atoms with van der Waals surface area (Å²) < 4.78 is 75.4. The third-order valence-corrected chi connectivity index (χ3v) is 6.09.